The van der Waals surface area contributed by atoms with Crippen LogP contribution < -0.4 is 11.1 Å². The van der Waals surface area contributed by atoms with Gasteiger partial charge in [-0.15, -0.1) is 0 Å². The number of amides is 1. The zero-order valence-electron chi connectivity index (χ0n) is 9.48. The lowest BCUT2D eigenvalue weighted by Gasteiger charge is -2.17. The molecule has 0 aliphatic rings. The van der Waals surface area contributed by atoms with Crippen LogP contribution in [0, 0.1) is 0 Å². The highest BCUT2D eigenvalue weighted by atomic mass is 79.9. The first-order chi connectivity index (χ1) is 7.49. The molecule has 6 heteroatoms. The SMILES string of the molecule is CC(C)NC(CCn1cc(Br)cn1)C(N)=O. The summed E-state index contributed by atoms with van der Waals surface area (Å²) in [6.45, 7) is 4.64. The number of rotatable bonds is 6. The van der Waals surface area contributed by atoms with Gasteiger partial charge in [-0.2, -0.15) is 5.10 Å². The lowest BCUT2D eigenvalue weighted by atomic mass is 10.1. The Morgan fingerprint density at radius 2 is 2.38 bits per heavy atom. The van der Waals surface area contributed by atoms with Crippen molar-refractivity contribution in [1.29, 1.82) is 0 Å². The third kappa shape index (κ3) is 4.32. The highest BCUT2D eigenvalue weighted by Gasteiger charge is 2.15. The predicted molar refractivity (Wildman–Crippen MR) is 65.8 cm³/mol. The second kappa shape index (κ2) is 6.00. The highest BCUT2D eigenvalue weighted by Crippen LogP contribution is 2.07. The summed E-state index contributed by atoms with van der Waals surface area (Å²) in [5.74, 6) is -0.320. The van der Waals surface area contributed by atoms with Gasteiger partial charge >= 0.3 is 0 Å². The number of primary amides is 1. The Balaban J connectivity index is 2.46. The fourth-order valence-electron chi connectivity index (χ4n) is 1.43. The fourth-order valence-corrected chi connectivity index (χ4v) is 1.76. The van der Waals surface area contributed by atoms with Crippen LogP contribution in [0.2, 0.25) is 0 Å². The molecular formula is C10H17BrN4O. The van der Waals surface area contributed by atoms with Crippen LogP contribution in [-0.4, -0.2) is 27.8 Å². The molecule has 0 spiro atoms. The number of nitrogens with two attached hydrogens (primary N) is 1. The maximum atomic E-state index is 11.2. The van der Waals surface area contributed by atoms with Crippen LogP contribution in [0.1, 0.15) is 20.3 Å². The Kier molecular flexibility index (Phi) is 4.95. The third-order valence-electron chi connectivity index (χ3n) is 2.13. The van der Waals surface area contributed by atoms with Crippen molar-refractivity contribution in [2.45, 2.75) is 38.9 Å². The van der Waals surface area contributed by atoms with Gasteiger partial charge in [0, 0.05) is 18.8 Å². The van der Waals surface area contributed by atoms with E-state index in [9.17, 15) is 4.79 Å². The molecule has 90 valence electrons. The monoisotopic (exact) mass is 288 g/mol. The number of carbonyl (C=O) groups is 1. The van der Waals surface area contributed by atoms with Gasteiger partial charge in [0.25, 0.3) is 0 Å². The van der Waals surface area contributed by atoms with Gasteiger partial charge in [0.05, 0.1) is 16.7 Å². The molecule has 1 atom stereocenters. The van der Waals surface area contributed by atoms with Crippen molar-refractivity contribution in [1.82, 2.24) is 15.1 Å². The average molecular weight is 289 g/mol. The van der Waals surface area contributed by atoms with Gasteiger partial charge in [-0.3, -0.25) is 9.48 Å². The van der Waals surface area contributed by atoms with E-state index < -0.39 is 0 Å². The molecular weight excluding hydrogens is 272 g/mol. The molecule has 3 N–H and O–H groups in total. The topological polar surface area (TPSA) is 72.9 Å². The van der Waals surface area contributed by atoms with Crippen LogP contribution in [0.3, 0.4) is 0 Å². The second-order valence-electron chi connectivity index (χ2n) is 3.99. The van der Waals surface area contributed by atoms with E-state index in [0.29, 0.717) is 13.0 Å². The average Bonchev–Trinajstić information content (AvgIpc) is 2.58. The van der Waals surface area contributed by atoms with Gasteiger partial charge < -0.3 is 11.1 Å². The molecule has 0 fully saturated rings. The first-order valence-electron chi connectivity index (χ1n) is 5.22. The molecule has 1 heterocycles. The molecule has 1 rings (SSSR count). The van der Waals surface area contributed by atoms with Gasteiger partial charge in [0.2, 0.25) is 5.91 Å². The molecule has 16 heavy (non-hydrogen) atoms. The van der Waals surface area contributed by atoms with E-state index in [1.54, 1.807) is 10.9 Å². The number of carbonyl (C=O) groups excluding carboxylic acids is 1. The van der Waals surface area contributed by atoms with Crippen molar-refractivity contribution in [2.24, 2.45) is 5.73 Å². The third-order valence-corrected chi connectivity index (χ3v) is 2.54. The van der Waals surface area contributed by atoms with Gasteiger partial charge in [-0.05, 0) is 22.4 Å². The predicted octanol–water partition coefficient (Wildman–Crippen LogP) is 0.888. The highest BCUT2D eigenvalue weighted by molar-refractivity contribution is 9.10. The van der Waals surface area contributed by atoms with Crippen molar-refractivity contribution in [3.8, 4) is 0 Å². The summed E-state index contributed by atoms with van der Waals surface area (Å²) >= 11 is 3.32. The zero-order chi connectivity index (χ0) is 12.1. The molecule has 0 aromatic carbocycles. The second-order valence-corrected chi connectivity index (χ2v) is 4.90. The Bertz CT molecular complexity index is 350. The Morgan fingerprint density at radius 1 is 1.69 bits per heavy atom. The van der Waals surface area contributed by atoms with Crippen molar-refractivity contribution >= 4 is 21.8 Å². The maximum Gasteiger partial charge on any atom is 0.234 e. The van der Waals surface area contributed by atoms with Crippen LogP contribution in [0.15, 0.2) is 16.9 Å². The Morgan fingerprint density at radius 3 is 2.81 bits per heavy atom. The van der Waals surface area contributed by atoms with Crippen LogP contribution in [0.4, 0.5) is 0 Å². The van der Waals surface area contributed by atoms with Gasteiger partial charge in [-0.1, -0.05) is 13.8 Å². The van der Waals surface area contributed by atoms with Gasteiger partial charge in [-0.25, -0.2) is 0 Å². The molecule has 0 bridgehead atoms. The molecule has 1 amide bonds. The number of aromatic nitrogens is 2. The molecule has 0 saturated carbocycles. The van der Waals surface area contributed by atoms with Crippen LogP contribution in [0.5, 0.6) is 0 Å². The first-order valence-corrected chi connectivity index (χ1v) is 6.01. The van der Waals surface area contributed by atoms with E-state index in [0.717, 1.165) is 4.47 Å². The van der Waals surface area contributed by atoms with E-state index in [1.807, 2.05) is 20.0 Å². The standard InChI is InChI=1S/C10H17BrN4O/c1-7(2)14-9(10(12)16)3-4-15-6-8(11)5-13-15/h5-7,9,14H,3-4H2,1-2H3,(H2,12,16). The molecule has 1 aromatic rings. The summed E-state index contributed by atoms with van der Waals surface area (Å²) in [5, 5.41) is 7.25. The summed E-state index contributed by atoms with van der Waals surface area (Å²) in [6, 6.07) is -0.0650. The molecule has 1 aromatic heterocycles. The summed E-state index contributed by atoms with van der Waals surface area (Å²) in [5.41, 5.74) is 5.31. The van der Waals surface area contributed by atoms with E-state index >= 15 is 0 Å². The molecule has 0 saturated heterocycles. The Labute approximate surface area is 104 Å². The van der Waals surface area contributed by atoms with E-state index in [2.05, 4.69) is 26.3 Å². The summed E-state index contributed by atoms with van der Waals surface area (Å²) in [7, 11) is 0. The lowest BCUT2D eigenvalue weighted by Crippen LogP contribution is -2.45. The van der Waals surface area contributed by atoms with Crippen molar-refractivity contribution in [3.63, 3.8) is 0 Å². The first kappa shape index (κ1) is 13.2. The minimum absolute atomic E-state index is 0.238. The van der Waals surface area contributed by atoms with E-state index in [4.69, 9.17) is 5.73 Å². The zero-order valence-corrected chi connectivity index (χ0v) is 11.1. The van der Waals surface area contributed by atoms with E-state index in [1.165, 1.54) is 0 Å². The van der Waals surface area contributed by atoms with Crippen molar-refractivity contribution in [2.75, 3.05) is 0 Å². The largest absolute Gasteiger partial charge is 0.368 e. The fraction of sp³-hybridized carbons (Fsp3) is 0.600. The molecule has 1 unspecified atom stereocenters. The number of nitrogens with zero attached hydrogens (tertiary/aromatic N) is 2. The summed E-state index contributed by atoms with van der Waals surface area (Å²) in [6.07, 6.45) is 4.23. The lowest BCUT2D eigenvalue weighted by molar-refractivity contribution is -0.120. The number of aryl methyl sites for hydroxylation is 1. The van der Waals surface area contributed by atoms with Crippen LogP contribution >= 0.6 is 15.9 Å². The Hall–Kier alpha value is -0.880. The van der Waals surface area contributed by atoms with E-state index in [-0.39, 0.29) is 18.0 Å². The number of nitrogens with one attached hydrogen (secondary N) is 1. The molecule has 0 aliphatic heterocycles. The normalized spacial score (nSPS) is 13.0. The number of hydrogen-bond donors (Lipinski definition) is 2. The van der Waals surface area contributed by atoms with Gasteiger partial charge in [0.15, 0.2) is 0 Å². The maximum absolute atomic E-state index is 11.2. The summed E-state index contributed by atoms with van der Waals surface area (Å²) < 4.78 is 2.71. The minimum Gasteiger partial charge on any atom is -0.368 e. The molecule has 0 radical (unpaired) electrons. The summed E-state index contributed by atoms with van der Waals surface area (Å²) in [4.78, 5) is 11.2. The molecule has 5 nitrogen and oxygen atoms in total. The van der Waals surface area contributed by atoms with Crippen molar-refractivity contribution < 1.29 is 4.79 Å². The van der Waals surface area contributed by atoms with Crippen molar-refractivity contribution in [3.05, 3.63) is 16.9 Å². The quantitative estimate of drug-likeness (QED) is 0.816. The van der Waals surface area contributed by atoms with Gasteiger partial charge in [0.1, 0.15) is 0 Å². The minimum atomic E-state index is -0.320. The number of hydrogen-bond acceptors (Lipinski definition) is 3. The number of halogens is 1. The molecule has 0 aliphatic carbocycles. The van der Waals surface area contributed by atoms with Crippen LogP contribution in [0.25, 0.3) is 0 Å². The van der Waals surface area contributed by atoms with Crippen LogP contribution in [-0.2, 0) is 11.3 Å². The smallest absolute Gasteiger partial charge is 0.234 e.